The Kier molecular flexibility index (Phi) is 4.61. The van der Waals surface area contributed by atoms with Crippen molar-refractivity contribution in [3.05, 3.63) is 33.3 Å². The summed E-state index contributed by atoms with van der Waals surface area (Å²) in [6.45, 7) is 3.10. The van der Waals surface area contributed by atoms with Gasteiger partial charge in [-0.2, -0.15) is 0 Å². The molecule has 0 saturated carbocycles. The van der Waals surface area contributed by atoms with E-state index in [1.165, 1.54) is 0 Å². The Morgan fingerprint density at radius 2 is 2.11 bits per heavy atom. The Bertz CT molecular complexity index is 450. The summed E-state index contributed by atoms with van der Waals surface area (Å²) in [4.78, 5) is 13.5. The van der Waals surface area contributed by atoms with Crippen molar-refractivity contribution in [3.63, 3.8) is 0 Å². The van der Waals surface area contributed by atoms with Gasteiger partial charge in [-0.25, -0.2) is 0 Å². The summed E-state index contributed by atoms with van der Waals surface area (Å²) in [6, 6.07) is 4.66. The van der Waals surface area contributed by atoms with Gasteiger partial charge in [0.1, 0.15) is 6.04 Å². The molecule has 0 bridgehead atoms. The van der Waals surface area contributed by atoms with E-state index in [0.717, 1.165) is 36.2 Å². The summed E-state index contributed by atoms with van der Waals surface area (Å²) in [5.74, 6) is -0.828. The van der Waals surface area contributed by atoms with E-state index in [4.69, 9.17) is 11.6 Å². The number of nitrogens with one attached hydrogen (secondary N) is 1. The Hall–Kier alpha value is -0.620. The number of halogens is 2. The molecule has 2 N–H and O–H groups in total. The predicted molar refractivity (Wildman–Crippen MR) is 74.0 cm³/mol. The van der Waals surface area contributed by atoms with E-state index in [2.05, 4.69) is 21.2 Å². The third-order valence-electron chi connectivity index (χ3n) is 3.01. The molecule has 0 amide bonds. The number of carboxylic acids is 1. The van der Waals surface area contributed by atoms with Crippen LogP contribution in [0.2, 0.25) is 5.02 Å². The van der Waals surface area contributed by atoms with Gasteiger partial charge in [-0.05, 0) is 33.6 Å². The van der Waals surface area contributed by atoms with Crippen LogP contribution in [0, 0.1) is 0 Å². The number of aliphatic carboxylic acids is 1. The first kappa shape index (κ1) is 13.8. The van der Waals surface area contributed by atoms with Gasteiger partial charge in [0.15, 0.2) is 0 Å². The van der Waals surface area contributed by atoms with E-state index < -0.39 is 12.0 Å². The highest BCUT2D eigenvalue weighted by Crippen LogP contribution is 2.29. The highest BCUT2D eigenvalue weighted by Gasteiger charge is 2.28. The van der Waals surface area contributed by atoms with Crippen molar-refractivity contribution in [3.8, 4) is 0 Å². The van der Waals surface area contributed by atoms with Gasteiger partial charge in [0.25, 0.3) is 0 Å². The Balaban J connectivity index is 2.28. The number of piperazine rings is 1. The summed E-state index contributed by atoms with van der Waals surface area (Å²) in [5.41, 5.74) is 0.751. The molecular formula is C12H14BrClN2O2. The van der Waals surface area contributed by atoms with Crippen LogP contribution in [0.25, 0.3) is 0 Å². The predicted octanol–water partition coefficient (Wildman–Crippen LogP) is 2.13. The summed E-state index contributed by atoms with van der Waals surface area (Å²) in [7, 11) is 0. The van der Waals surface area contributed by atoms with Crippen LogP contribution in [-0.2, 0) is 4.79 Å². The fourth-order valence-corrected chi connectivity index (χ4v) is 2.65. The number of carboxylic acid groups (broad SMARTS) is 1. The maximum Gasteiger partial charge on any atom is 0.325 e. The van der Waals surface area contributed by atoms with Gasteiger partial charge in [-0.3, -0.25) is 9.69 Å². The molecule has 1 atom stereocenters. The van der Waals surface area contributed by atoms with Crippen molar-refractivity contribution < 1.29 is 9.90 Å². The smallest absolute Gasteiger partial charge is 0.325 e. The van der Waals surface area contributed by atoms with E-state index in [1.54, 1.807) is 18.2 Å². The number of hydrogen-bond donors (Lipinski definition) is 2. The van der Waals surface area contributed by atoms with Crippen molar-refractivity contribution in [2.24, 2.45) is 0 Å². The molecule has 1 aliphatic heterocycles. The number of benzene rings is 1. The molecule has 98 valence electrons. The second-order valence-corrected chi connectivity index (χ2v) is 5.46. The lowest BCUT2D eigenvalue weighted by atomic mass is 10.0. The molecular weight excluding hydrogens is 320 g/mol. The largest absolute Gasteiger partial charge is 0.480 e. The second-order valence-electron chi connectivity index (χ2n) is 4.20. The van der Waals surface area contributed by atoms with Gasteiger partial charge in [0.2, 0.25) is 0 Å². The maximum atomic E-state index is 11.5. The molecule has 0 aliphatic carbocycles. The van der Waals surface area contributed by atoms with Crippen molar-refractivity contribution >= 4 is 33.5 Å². The van der Waals surface area contributed by atoms with Gasteiger partial charge in [-0.1, -0.05) is 17.7 Å². The summed E-state index contributed by atoms with van der Waals surface area (Å²) in [5, 5.41) is 13.2. The lowest BCUT2D eigenvalue weighted by Gasteiger charge is -2.32. The SMILES string of the molecule is O=C(O)C(c1ccc(Cl)c(Br)c1)N1CCNCC1. The van der Waals surface area contributed by atoms with Gasteiger partial charge in [0, 0.05) is 30.7 Å². The Morgan fingerprint density at radius 1 is 1.44 bits per heavy atom. The molecule has 0 spiro atoms. The van der Waals surface area contributed by atoms with E-state index >= 15 is 0 Å². The molecule has 1 aliphatic rings. The number of nitrogens with zero attached hydrogens (tertiary/aromatic N) is 1. The minimum atomic E-state index is -0.828. The lowest BCUT2D eigenvalue weighted by molar-refractivity contribution is -0.143. The molecule has 0 radical (unpaired) electrons. The van der Waals surface area contributed by atoms with Crippen LogP contribution in [0.3, 0.4) is 0 Å². The zero-order chi connectivity index (χ0) is 13.1. The van der Waals surface area contributed by atoms with E-state index in [0.29, 0.717) is 5.02 Å². The highest BCUT2D eigenvalue weighted by molar-refractivity contribution is 9.10. The van der Waals surface area contributed by atoms with Crippen LogP contribution in [-0.4, -0.2) is 42.2 Å². The third kappa shape index (κ3) is 3.03. The standard InChI is InChI=1S/C12H14BrClN2O2/c13-9-7-8(1-2-10(9)14)11(12(17)18)16-5-3-15-4-6-16/h1-2,7,11,15H,3-6H2,(H,17,18). The van der Waals surface area contributed by atoms with Gasteiger partial charge < -0.3 is 10.4 Å². The molecule has 1 aromatic carbocycles. The molecule has 6 heteroatoms. The molecule has 1 aromatic rings. The van der Waals surface area contributed by atoms with Gasteiger partial charge >= 0.3 is 5.97 Å². The van der Waals surface area contributed by atoms with Crippen molar-refractivity contribution in [2.45, 2.75) is 6.04 Å². The number of rotatable bonds is 3. The Morgan fingerprint density at radius 3 is 2.67 bits per heavy atom. The maximum absolute atomic E-state index is 11.5. The van der Waals surface area contributed by atoms with E-state index in [1.807, 2.05) is 4.90 Å². The zero-order valence-electron chi connectivity index (χ0n) is 9.70. The molecule has 1 fully saturated rings. The first-order valence-corrected chi connectivity index (χ1v) is 6.89. The fraction of sp³-hybridized carbons (Fsp3) is 0.417. The lowest BCUT2D eigenvalue weighted by Crippen LogP contribution is -2.47. The van der Waals surface area contributed by atoms with E-state index in [9.17, 15) is 9.90 Å². The number of carbonyl (C=O) groups is 1. The summed E-state index contributed by atoms with van der Waals surface area (Å²) < 4.78 is 0.725. The van der Waals surface area contributed by atoms with Gasteiger partial charge in [0.05, 0.1) is 5.02 Å². The molecule has 0 aromatic heterocycles. The minimum absolute atomic E-state index is 0.586. The molecule has 1 unspecified atom stereocenters. The molecule has 1 heterocycles. The van der Waals surface area contributed by atoms with Crippen molar-refractivity contribution in [1.29, 1.82) is 0 Å². The molecule has 4 nitrogen and oxygen atoms in total. The monoisotopic (exact) mass is 332 g/mol. The van der Waals surface area contributed by atoms with Crippen LogP contribution in [0.1, 0.15) is 11.6 Å². The fourth-order valence-electron chi connectivity index (χ4n) is 2.13. The van der Waals surface area contributed by atoms with Crippen LogP contribution in [0.5, 0.6) is 0 Å². The number of hydrogen-bond acceptors (Lipinski definition) is 3. The second kappa shape index (κ2) is 6.02. The summed E-state index contributed by atoms with van der Waals surface area (Å²) in [6.07, 6.45) is 0. The van der Waals surface area contributed by atoms with Crippen LogP contribution >= 0.6 is 27.5 Å². The highest BCUT2D eigenvalue weighted by atomic mass is 79.9. The molecule has 2 rings (SSSR count). The quantitative estimate of drug-likeness (QED) is 0.890. The van der Waals surface area contributed by atoms with Crippen LogP contribution in [0.4, 0.5) is 0 Å². The van der Waals surface area contributed by atoms with Crippen molar-refractivity contribution in [1.82, 2.24) is 10.2 Å². The first-order valence-electron chi connectivity index (χ1n) is 5.72. The van der Waals surface area contributed by atoms with E-state index in [-0.39, 0.29) is 0 Å². The van der Waals surface area contributed by atoms with Crippen molar-refractivity contribution in [2.75, 3.05) is 26.2 Å². The van der Waals surface area contributed by atoms with Crippen LogP contribution in [0.15, 0.2) is 22.7 Å². The average molecular weight is 334 g/mol. The molecule has 18 heavy (non-hydrogen) atoms. The topological polar surface area (TPSA) is 52.6 Å². The summed E-state index contributed by atoms with van der Waals surface area (Å²) >= 11 is 9.26. The molecule has 1 saturated heterocycles. The van der Waals surface area contributed by atoms with Crippen LogP contribution < -0.4 is 5.32 Å². The average Bonchev–Trinajstić information content (AvgIpc) is 2.35. The zero-order valence-corrected chi connectivity index (χ0v) is 12.0. The normalized spacial score (nSPS) is 18.6. The first-order chi connectivity index (χ1) is 8.59. The third-order valence-corrected chi connectivity index (χ3v) is 4.22. The Labute approximate surface area is 119 Å². The minimum Gasteiger partial charge on any atom is -0.480 e. The van der Waals surface area contributed by atoms with Gasteiger partial charge in [-0.15, -0.1) is 0 Å².